The molecule has 10 heteroatoms. The van der Waals surface area contributed by atoms with E-state index in [1.165, 1.54) is 0 Å². The molecule has 3 aliphatic rings. The second-order valence-electron chi connectivity index (χ2n) is 10.4. The van der Waals surface area contributed by atoms with E-state index in [-0.39, 0.29) is 11.9 Å². The number of aliphatic hydroxyl groups is 1. The summed E-state index contributed by atoms with van der Waals surface area (Å²) in [6.07, 6.45) is 5.41. The van der Waals surface area contributed by atoms with Gasteiger partial charge >= 0.3 is 0 Å². The van der Waals surface area contributed by atoms with Crippen molar-refractivity contribution in [3.05, 3.63) is 41.6 Å². The number of anilines is 2. The van der Waals surface area contributed by atoms with Gasteiger partial charge in [-0.1, -0.05) is 12.1 Å². The van der Waals surface area contributed by atoms with Crippen LogP contribution in [0.15, 0.2) is 30.5 Å². The molecular weight excluding hydrogens is 472 g/mol. The van der Waals surface area contributed by atoms with Gasteiger partial charge in [-0.2, -0.15) is 9.61 Å². The lowest BCUT2D eigenvalue weighted by Crippen LogP contribution is -2.32. The summed E-state index contributed by atoms with van der Waals surface area (Å²) < 4.78 is 12.7. The van der Waals surface area contributed by atoms with Gasteiger partial charge in [0, 0.05) is 43.0 Å². The first-order valence-electron chi connectivity index (χ1n) is 13.2. The molecule has 0 radical (unpaired) electrons. The molecule has 196 valence electrons. The van der Waals surface area contributed by atoms with Crippen LogP contribution in [-0.4, -0.2) is 76.8 Å². The molecule has 6 rings (SSSR count). The monoisotopic (exact) mass is 506 g/mol. The van der Waals surface area contributed by atoms with Crippen LogP contribution in [0, 0.1) is 12.8 Å². The van der Waals surface area contributed by atoms with Crippen LogP contribution >= 0.6 is 0 Å². The number of fused-ring (bicyclic) bond motifs is 1. The van der Waals surface area contributed by atoms with Gasteiger partial charge in [0.2, 0.25) is 0 Å². The van der Waals surface area contributed by atoms with Crippen molar-refractivity contribution in [2.24, 2.45) is 5.92 Å². The van der Waals surface area contributed by atoms with Gasteiger partial charge in [-0.15, -0.1) is 0 Å². The van der Waals surface area contributed by atoms with Crippen LogP contribution in [0.25, 0.3) is 16.8 Å². The molecule has 4 N–H and O–H groups in total. The molecule has 10 nitrogen and oxygen atoms in total. The molecule has 2 saturated heterocycles. The molecule has 0 bridgehead atoms. The van der Waals surface area contributed by atoms with Gasteiger partial charge in [-0.25, -0.2) is 4.98 Å². The van der Waals surface area contributed by atoms with Crippen molar-refractivity contribution in [3.8, 4) is 11.1 Å². The van der Waals surface area contributed by atoms with Crippen LogP contribution < -0.4 is 16.0 Å². The Balaban J connectivity index is 1.32. The van der Waals surface area contributed by atoms with Crippen LogP contribution in [0.2, 0.25) is 0 Å². The highest BCUT2D eigenvalue weighted by atomic mass is 16.5. The number of nitrogens with one attached hydrogen (secondary N) is 3. The average molecular weight is 507 g/mol. The van der Waals surface area contributed by atoms with Crippen molar-refractivity contribution in [2.75, 3.05) is 43.6 Å². The van der Waals surface area contributed by atoms with E-state index in [0.29, 0.717) is 42.2 Å². The third-order valence-corrected chi connectivity index (χ3v) is 7.46. The lowest BCUT2D eigenvalue weighted by molar-refractivity contribution is 0.0699. The Bertz CT molecular complexity index is 1280. The number of aromatic nitrogens is 3. The highest BCUT2D eigenvalue weighted by molar-refractivity contribution is 5.97. The topological polar surface area (TPSA) is 122 Å². The summed E-state index contributed by atoms with van der Waals surface area (Å²) in [6.45, 7) is 5.10. The fourth-order valence-electron chi connectivity index (χ4n) is 5.01. The number of aryl methyl sites for hydroxylation is 1. The molecule has 0 unspecified atom stereocenters. The molecule has 1 amide bonds. The number of benzene rings is 1. The summed E-state index contributed by atoms with van der Waals surface area (Å²) in [5, 5.41) is 24.9. The van der Waals surface area contributed by atoms with Gasteiger partial charge in [-0.3, -0.25) is 4.79 Å². The van der Waals surface area contributed by atoms with Crippen LogP contribution in [0.1, 0.15) is 41.6 Å². The minimum atomic E-state index is -0.585. The molecular formula is C27H34N6O4. The maximum Gasteiger partial charge on any atom is 0.251 e. The van der Waals surface area contributed by atoms with E-state index >= 15 is 0 Å². The molecule has 2 aromatic heterocycles. The molecule has 1 aliphatic carbocycles. The standard InChI is InChI=1S/C27H34N6O4/c1-16-10-18(2-5-20(16)27(35)30-19-3-4-19)21-13-29-33-25(28-12-17-6-8-36-9-7-17)11-24(32-26(21)33)31-22-14-37-15-23(22)34/h2,5,10-11,13,17,19,22-23,28,34H,3-4,6-9,12,14-15H2,1H3,(H,30,35)(H,31,32)/t22-,23+/m0/s1. The minimum Gasteiger partial charge on any atom is -0.388 e. The Labute approximate surface area is 215 Å². The summed E-state index contributed by atoms with van der Waals surface area (Å²) in [4.78, 5) is 17.5. The van der Waals surface area contributed by atoms with E-state index in [2.05, 4.69) is 21.0 Å². The van der Waals surface area contributed by atoms with Gasteiger partial charge < -0.3 is 30.5 Å². The second-order valence-corrected chi connectivity index (χ2v) is 10.4. The molecule has 2 aliphatic heterocycles. The molecule has 37 heavy (non-hydrogen) atoms. The molecule has 4 heterocycles. The zero-order valence-electron chi connectivity index (χ0n) is 21.1. The predicted molar refractivity (Wildman–Crippen MR) is 140 cm³/mol. The smallest absolute Gasteiger partial charge is 0.251 e. The van der Waals surface area contributed by atoms with Crippen molar-refractivity contribution in [1.29, 1.82) is 0 Å². The van der Waals surface area contributed by atoms with E-state index in [0.717, 1.165) is 68.0 Å². The number of rotatable bonds is 8. The number of hydrogen-bond donors (Lipinski definition) is 4. The summed E-state index contributed by atoms with van der Waals surface area (Å²) in [5.74, 6) is 1.99. The van der Waals surface area contributed by atoms with Crippen LogP contribution in [-0.2, 0) is 9.47 Å². The lowest BCUT2D eigenvalue weighted by Gasteiger charge is -2.23. The SMILES string of the molecule is Cc1cc(-c2cnn3c(NCC4CCOCC4)cc(N[C@H]4COC[C@H]4O)nc23)ccc1C(=O)NC1CC1. The fourth-order valence-corrected chi connectivity index (χ4v) is 5.01. The number of hydrogen-bond acceptors (Lipinski definition) is 8. The van der Waals surface area contributed by atoms with Gasteiger partial charge in [-0.05, 0) is 55.7 Å². The van der Waals surface area contributed by atoms with Crippen molar-refractivity contribution < 1.29 is 19.4 Å². The fraction of sp³-hybridized carbons (Fsp3) is 0.519. The zero-order chi connectivity index (χ0) is 25.4. The maximum atomic E-state index is 12.6. The third kappa shape index (κ3) is 5.27. The Kier molecular flexibility index (Phi) is 6.71. The molecule has 1 saturated carbocycles. The number of carbonyl (C=O) groups excluding carboxylic acids is 1. The molecule has 1 aromatic carbocycles. The van der Waals surface area contributed by atoms with Gasteiger partial charge in [0.25, 0.3) is 5.91 Å². The Morgan fingerprint density at radius 1 is 1.14 bits per heavy atom. The number of amides is 1. The van der Waals surface area contributed by atoms with Crippen molar-refractivity contribution >= 4 is 23.2 Å². The van der Waals surface area contributed by atoms with Gasteiger partial charge in [0.05, 0.1) is 31.6 Å². The van der Waals surface area contributed by atoms with Crippen molar-refractivity contribution in [3.63, 3.8) is 0 Å². The highest BCUT2D eigenvalue weighted by Gasteiger charge is 2.27. The van der Waals surface area contributed by atoms with Crippen LogP contribution in [0.4, 0.5) is 11.6 Å². The number of ether oxygens (including phenoxy) is 2. The second kappa shape index (κ2) is 10.3. The van der Waals surface area contributed by atoms with Crippen LogP contribution in [0.5, 0.6) is 0 Å². The Morgan fingerprint density at radius 3 is 2.70 bits per heavy atom. The lowest BCUT2D eigenvalue weighted by atomic mass is 10.0. The van der Waals surface area contributed by atoms with E-state index in [9.17, 15) is 9.90 Å². The van der Waals surface area contributed by atoms with E-state index in [1.807, 2.05) is 41.9 Å². The first-order valence-corrected chi connectivity index (χ1v) is 13.2. The molecule has 3 aromatic rings. The summed E-state index contributed by atoms with van der Waals surface area (Å²) in [5.41, 5.74) is 4.12. The predicted octanol–water partition coefficient (Wildman–Crippen LogP) is 2.61. The number of carbonyl (C=O) groups is 1. The average Bonchev–Trinajstić information content (AvgIpc) is 3.47. The van der Waals surface area contributed by atoms with Crippen molar-refractivity contribution in [1.82, 2.24) is 19.9 Å². The number of aliphatic hydroxyl groups excluding tert-OH is 1. The van der Waals surface area contributed by atoms with Crippen LogP contribution in [0.3, 0.4) is 0 Å². The normalized spacial score (nSPS) is 22.3. The first-order chi connectivity index (χ1) is 18.0. The summed E-state index contributed by atoms with van der Waals surface area (Å²) in [6, 6.07) is 7.88. The molecule has 0 spiro atoms. The third-order valence-electron chi connectivity index (χ3n) is 7.46. The molecule has 3 fully saturated rings. The molecule has 2 atom stereocenters. The largest absolute Gasteiger partial charge is 0.388 e. The van der Waals surface area contributed by atoms with E-state index in [1.54, 1.807) is 0 Å². The number of nitrogens with zero attached hydrogens (tertiary/aromatic N) is 3. The van der Waals surface area contributed by atoms with E-state index < -0.39 is 6.10 Å². The van der Waals surface area contributed by atoms with Gasteiger partial charge in [0.1, 0.15) is 11.6 Å². The Hall–Kier alpha value is -3.21. The highest BCUT2D eigenvalue weighted by Crippen LogP contribution is 2.30. The minimum absolute atomic E-state index is 0.0204. The van der Waals surface area contributed by atoms with E-state index in [4.69, 9.17) is 14.5 Å². The quantitative estimate of drug-likeness (QED) is 0.368. The summed E-state index contributed by atoms with van der Waals surface area (Å²) in [7, 11) is 0. The first kappa shape index (κ1) is 24.1. The van der Waals surface area contributed by atoms with Crippen molar-refractivity contribution in [2.45, 2.75) is 50.8 Å². The Morgan fingerprint density at radius 2 is 1.97 bits per heavy atom. The summed E-state index contributed by atoms with van der Waals surface area (Å²) >= 11 is 0. The van der Waals surface area contributed by atoms with Gasteiger partial charge in [0.15, 0.2) is 5.65 Å². The maximum absolute atomic E-state index is 12.6. The zero-order valence-corrected chi connectivity index (χ0v) is 21.1.